The van der Waals surface area contributed by atoms with Crippen LogP contribution in [-0.2, 0) is 0 Å². The number of rotatable bonds is 6. The van der Waals surface area contributed by atoms with Gasteiger partial charge in [-0.2, -0.15) is 10.2 Å². The van der Waals surface area contributed by atoms with E-state index in [1.165, 1.54) is 0 Å². The maximum Gasteiger partial charge on any atom is 0.152 e. The summed E-state index contributed by atoms with van der Waals surface area (Å²) in [4.78, 5) is 16.9. The predicted octanol–water partition coefficient (Wildman–Crippen LogP) is 2.47. The zero-order valence-electron chi connectivity index (χ0n) is 13.5. The predicted molar refractivity (Wildman–Crippen MR) is 97.7 cm³/mol. The molecular weight excluding hydrogens is 316 g/mol. The first-order chi connectivity index (χ1) is 12.3. The van der Waals surface area contributed by atoms with Gasteiger partial charge in [0.05, 0.1) is 23.8 Å². The van der Waals surface area contributed by atoms with E-state index < -0.39 is 0 Å². The first-order valence-electron chi connectivity index (χ1n) is 7.55. The Morgan fingerprint density at radius 1 is 0.800 bits per heavy atom. The normalized spacial score (nSPS) is 11.1. The molecule has 8 nitrogen and oxygen atoms in total. The molecule has 0 spiro atoms. The third kappa shape index (κ3) is 5.17. The number of pyridine rings is 2. The lowest BCUT2D eigenvalue weighted by molar-refractivity contribution is 1.03. The SMILES string of the molecule is Cc1nc(N/N=C/c2ccccn2)cc(N/N=C/c2ccccn2)n1. The number of nitrogens with zero attached hydrogens (tertiary/aromatic N) is 6. The summed E-state index contributed by atoms with van der Waals surface area (Å²) in [7, 11) is 0. The maximum absolute atomic E-state index is 4.27. The fourth-order valence-electron chi connectivity index (χ4n) is 1.92. The molecule has 8 heteroatoms. The summed E-state index contributed by atoms with van der Waals surface area (Å²) in [6.07, 6.45) is 6.64. The van der Waals surface area contributed by atoms with Crippen LogP contribution in [0, 0.1) is 6.92 Å². The van der Waals surface area contributed by atoms with Gasteiger partial charge in [-0.25, -0.2) is 9.97 Å². The highest BCUT2D eigenvalue weighted by atomic mass is 15.3. The fraction of sp³-hybridized carbons (Fsp3) is 0.0588. The molecule has 0 bridgehead atoms. The van der Waals surface area contributed by atoms with E-state index in [-0.39, 0.29) is 0 Å². The monoisotopic (exact) mass is 332 g/mol. The molecule has 0 unspecified atom stereocenters. The minimum absolute atomic E-state index is 0.551. The molecule has 0 saturated heterocycles. The third-order valence-electron chi connectivity index (χ3n) is 2.97. The first-order valence-corrected chi connectivity index (χ1v) is 7.55. The van der Waals surface area contributed by atoms with Crippen LogP contribution >= 0.6 is 0 Å². The summed E-state index contributed by atoms with van der Waals surface area (Å²) in [5.41, 5.74) is 7.21. The highest BCUT2D eigenvalue weighted by Gasteiger charge is 2.00. The van der Waals surface area contributed by atoms with E-state index in [0.29, 0.717) is 17.5 Å². The van der Waals surface area contributed by atoms with Crippen molar-refractivity contribution in [3.05, 3.63) is 72.1 Å². The quantitative estimate of drug-likeness (QED) is 0.531. The molecule has 3 aromatic heterocycles. The standard InChI is InChI=1S/C17H16N8/c1-13-22-16(24-20-11-14-6-2-4-8-18-14)10-17(23-13)25-21-12-15-7-3-5-9-19-15/h2-12H,1H3,(H2,22,23,24,25)/b20-11+,21-12+. The molecule has 3 heterocycles. The van der Waals surface area contributed by atoms with Crippen molar-refractivity contribution in [1.29, 1.82) is 0 Å². The lowest BCUT2D eigenvalue weighted by Crippen LogP contribution is -2.01. The van der Waals surface area contributed by atoms with Gasteiger partial charge in [0.1, 0.15) is 5.82 Å². The number of hydrogen-bond acceptors (Lipinski definition) is 8. The van der Waals surface area contributed by atoms with Crippen LogP contribution in [-0.4, -0.2) is 32.4 Å². The average Bonchev–Trinajstić information content (AvgIpc) is 2.63. The van der Waals surface area contributed by atoms with Crippen LogP contribution < -0.4 is 10.9 Å². The average molecular weight is 332 g/mol. The topological polar surface area (TPSA) is 100 Å². The van der Waals surface area contributed by atoms with E-state index in [9.17, 15) is 0 Å². The molecule has 0 radical (unpaired) electrons. The molecule has 124 valence electrons. The van der Waals surface area contributed by atoms with E-state index in [2.05, 4.69) is 41.0 Å². The van der Waals surface area contributed by atoms with E-state index in [1.54, 1.807) is 37.8 Å². The Balaban J connectivity index is 1.64. The van der Waals surface area contributed by atoms with Crippen LogP contribution in [0.4, 0.5) is 11.6 Å². The van der Waals surface area contributed by atoms with Gasteiger partial charge >= 0.3 is 0 Å². The largest absolute Gasteiger partial charge is 0.261 e. The van der Waals surface area contributed by atoms with Gasteiger partial charge in [0, 0.05) is 18.5 Å². The lowest BCUT2D eigenvalue weighted by Gasteiger charge is -2.04. The molecule has 0 aliphatic heterocycles. The first kappa shape index (κ1) is 16.2. The Morgan fingerprint density at radius 3 is 1.76 bits per heavy atom. The van der Waals surface area contributed by atoms with Gasteiger partial charge in [0.2, 0.25) is 0 Å². The Morgan fingerprint density at radius 2 is 1.32 bits per heavy atom. The minimum atomic E-state index is 0.551. The van der Waals surface area contributed by atoms with Gasteiger partial charge < -0.3 is 0 Å². The van der Waals surface area contributed by atoms with Gasteiger partial charge in [-0.05, 0) is 31.2 Å². The summed E-state index contributed by atoms with van der Waals surface area (Å²) in [6.45, 7) is 1.79. The second-order valence-corrected chi connectivity index (χ2v) is 4.93. The highest BCUT2D eigenvalue weighted by molar-refractivity contribution is 5.78. The van der Waals surface area contributed by atoms with Gasteiger partial charge in [-0.3, -0.25) is 20.8 Å². The molecular formula is C17H16N8. The van der Waals surface area contributed by atoms with Crippen LogP contribution in [0.2, 0.25) is 0 Å². The zero-order valence-corrected chi connectivity index (χ0v) is 13.5. The summed E-state index contributed by atoms with van der Waals surface area (Å²) in [6, 6.07) is 12.9. The van der Waals surface area contributed by atoms with Crippen LogP contribution in [0.5, 0.6) is 0 Å². The van der Waals surface area contributed by atoms with Crippen molar-refractivity contribution in [1.82, 2.24) is 19.9 Å². The van der Waals surface area contributed by atoms with Gasteiger partial charge in [0.15, 0.2) is 11.6 Å². The van der Waals surface area contributed by atoms with Crippen molar-refractivity contribution < 1.29 is 0 Å². The van der Waals surface area contributed by atoms with Crippen LogP contribution in [0.25, 0.3) is 0 Å². The molecule has 0 aliphatic carbocycles. The Kier molecular flexibility index (Phi) is 5.34. The van der Waals surface area contributed by atoms with Crippen molar-refractivity contribution in [2.75, 3.05) is 10.9 Å². The van der Waals surface area contributed by atoms with Crippen molar-refractivity contribution in [2.24, 2.45) is 10.2 Å². The van der Waals surface area contributed by atoms with E-state index in [1.807, 2.05) is 36.4 Å². The smallest absolute Gasteiger partial charge is 0.152 e. The summed E-state index contributed by atoms with van der Waals surface area (Å²) < 4.78 is 0. The number of hydrazone groups is 2. The molecule has 0 aliphatic rings. The number of hydrogen-bond donors (Lipinski definition) is 2. The third-order valence-corrected chi connectivity index (χ3v) is 2.97. The maximum atomic E-state index is 4.27. The van der Waals surface area contributed by atoms with Crippen molar-refractivity contribution in [2.45, 2.75) is 6.92 Å². The van der Waals surface area contributed by atoms with Crippen molar-refractivity contribution in [3.63, 3.8) is 0 Å². The minimum Gasteiger partial charge on any atom is -0.261 e. The van der Waals surface area contributed by atoms with Crippen molar-refractivity contribution in [3.8, 4) is 0 Å². The molecule has 2 N–H and O–H groups in total. The summed E-state index contributed by atoms with van der Waals surface area (Å²) >= 11 is 0. The Labute approximate surface area is 144 Å². The fourth-order valence-corrected chi connectivity index (χ4v) is 1.92. The molecule has 0 fully saturated rings. The molecule has 3 aromatic rings. The van der Waals surface area contributed by atoms with Gasteiger partial charge in [0.25, 0.3) is 0 Å². The number of aryl methyl sites for hydroxylation is 1. The summed E-state index contributed by atoms with van der Waals surface area (Å²) in [5, 5.41) is 8.24. The lowest BCUT2D eigenvalue weighted by atomic mass is 10.4. The number of aromatic nitrogens is 4. The van der Waals surface area contributed by atoms with Crippen molar-refractivity contribution >= 4 is 24.1 Å². The van der Waals surface area contributed by atoms with Gasteiger partial charge in [-0.15, -0.1) is 0 Å². The molecule has 0 atom stereocenters. The van der Waals surface area contributed by atoms with Crippen LogP contribution in [0.15, 0.2) is 65.1 Å². The van der Waals surface area contributed by atoms with Crippen LogP contribution in [0.3, 0.4) is 0 Å². The second kappa shape index (κ2) is 8.25. The number of anilines is 2. The summed E-state index contributed by atoms with van der Waals surface area (Å²) in [5.74, 6) is 1.69. The Bertz CT molecular complexity index is 793. The van der Waals surface area contributed by atoms with E-state index >= 15 is 0 Å². The molecule has 0 aromatic carbocycles. The second-order valence-electron chi connectivity index (χ2n) is 4.93. The Hall–Kier alpha value is -3.68. The van der Waals surface area contributed by atoms with E-state index in [4.69, 9.17) is 0 Å². The van der Waals surface area contributed by atoms with E-state index in [0.717, 1.165) is 11.4 Å². The molecule has 0 amide bonds. The molecule has 3 rings (SSSR count). The molecule has 25 heavy (non-hydrogen) atoms. The van der Waals surface area contributed by atoms with Crippen LogP contribution in [0.1, 0.15) is 17.2 Å². The molecule has 0 saturated carbocycles. The van der Waals surface area contributed by atoms with Gasteiger partial charge in [-0.1, -0.05) is 12.1 Å². The highest BCUT2D eigenvalue weighted by Crippen LogP contribution is 2.11. The number of nitrogens with one attached hydrogen (secondary N) is 2. The zero-order chi connectivity index (χ0) is 17.3.